The summed E-state index contributed by atoms with van der Waals surface area (Å²) >= 11 is 0. The van der Waals surface area contributed by atoms with Crippen LogP contribution in [0.5, 0.6) is 0 Å². The number of nitrogens with zero attached hydrogens (tertiary/aromatic N) is 2. The van der Waals surface area contributed by atoms with Crippen LogP contribution in [0.25, 0.3) is 0 Å². The molecule has 0 bridgehead atoms. The van der Waals surface area contributed by atoms with Crippen molar-refractivity contribution in [2.75, 3.05) is 32.8 Å². The fourth-order valence-electron chi connectivity index (χ4n) is 3.97. The Labute approximate surface area is 129 Å². The fourth-order valence-corrected chi connectivity index (χ4v) is 3.97. The van der Waals surface area contributed by atoms with Crippen LogP contribution in [0.2, 0.25) is 0 Å². The van der Waals surface area contributed by atoms with Crippen molar-refractivity contribution in [3.63, 3.8) is 0 Å². The van der Waals surface area contributed by atoms with E-state index in [2.05, 4.69) is 4.90 Å². The van der Waals surface area contributed by atoms with Gasteiger partial charge in [-0.2, -0.15) is 0 Å². The molecule has 22 heavy (non-hydrogen) atoms. The van der Waals surface area contributed by atoms with Gasteiger partial charge in [0.25, 0.3) is 5.91 Å². The zero-order valence-corrected chi connectivity index (χ0v) is 12.7. The highest BCUT2D eigenvalue weighted by Gasteiger charge is 2.55. The predicted molar refractivity (Wildman–Crippen MR) is 77.7 cm³/mol. The molecular formula is C16H22N2O4. The van der Waals surface area contributed by atoms with E-state index in [1.54, 1.807) is 17.6 Å². The molecule has 3 aliphatic rings. The van der Waals surface area contributed by atoms with Gasteiger partial charge in [-0.1, -0.05) is 0 Å². The van der Waals surface area contributed by atoms with Crippen LogP contribution in [-0.4, -0.2) is 54.8 Å². The number of furan rings is 1. The Morgan fingerprint density at radius 3 is 3.09 bits per heavy atom. The number of carbonyl (C=O) groups excluding carboxylic acids is 1. The van der Waals surface area contributed by atoms with Gasteiger partial charge in [0.05, 0.1) is 37.2 Å². The number of rotatable bonds is 3. The van der Waals surface area contributed by atoms with Gasteiger partial charge < -0.3 is 9.15 Å². The Morgan fingerprint density at radius 2 is 2.32 bits per heavy atom. The second-order valence-electron chi connectivity index (χ2n) is 6.49. The molecule has 0 aromatic carbocycles. The standard InChI is InChI=1S/C16H22N2O4/c19-15(18-5-1-7-22-18)16-4-9-21-14(16)2-6-17(12-16)10-13-3-8-20-11-13/h3,8,11,14H,1-2,4-7,9-10,12H2/t14-,16-/m0/s1. The second kappa shape index (κ2) is 5.68. The molecule has 0 spiro atoms. The number of piperidine rings is 1. The van der Waals surface area contributed by atoms with Crippen molar-refractivity contribution in [3.8, 4) is 0 Å². The quantitative estimate of drug-likeness (QED) is 0.845. The van der Waals surface area contributed by atoms with Crippen molar-refractivity contribution >= 4 is 5.91 Å². The average Bonchev–Trinajstić information content (AvgIpc) is 3.27. The monoisotopic (exact) mass is 306 g/mol. The first-order chi connectivity index (χ1) is 10.8. The first-order valence-corrected chi connectivity index (χ1v) is 8.08. The summed E-state index contributed by atoms with van der Waals surface area (Å²) in [7, 11) is 0. The second-order valence-corrected chi connectivity index (χ2v) is 6.49. The van der Waals surface area contributed by atoms with E-state index < -0.39 is 5.41 Å². The van der Waals surface area contributed by atoms with E-state index in [0.717, 1.165) is 44.5 Å². The average molecular weight is 306 g/mol. The predicted octanol–water partition coefficient (Wildman–Crippen LogP) is 1.42. The summed E-state index contributed by atoms with van der Waals surface area (Å²) in [5.74, 6) is 0.115. The third-order valence-electron chi connectivity index (χ3n) is 5.09. The molecule has 2 atom stereocenters. The molecule has 0 radical (unpaired) electrons. The minimum absolute atomic E-state index is 0.0322. The van der Waals surface area contributed by atoms with Crippen LogP contribution >= 0.6 is 0 Å². The van der Waals surface area contributed by atoms with Crippen LogP contribution < -0.4 is 0 Å². The molecule has 4 heterocycles. The van der Waals surface area contributed by atoms with E-state index in [-0.39, 0.29) is 12.0 Å². The van der Waals surface area contributed by atoms with Gasteiger partial charge in [0, 0.05) is 31.8 Å². The Morgan fingerprint density at radius 1 is 1.36 bits per heavy atom. The maximum absolute atomic E-state index is 13.0. The molecule has 120 valence electrons. The molecule has 0 N–H and O–H groups in total. The van der Waals surface area contributed by atoms with Gasteiger partial charge in [0.2, 0.25) is 0 Å². The van der Waals surface area contributed by atoms with Crippen molar-refractivity contribution < 1.29 is 18.8 Å². The SMILES string of the molecule is O=C(N1CCCO1)[C@]12CCO[C@H]1CCN(Cc1ccoc1)C2. The highest BCUT2D eigenvalue weighted by Crippen LogP contribution is 2.43. The van der Waals surface area contributed by atoms with E-state index >= 15 is 0 Å². The van der Waals surface area contributed by atoms with Crippen LogP contribution in [0.1, 0.15) is 24.8 Å². The van der Waals surface area contributed by atoms with E-state index in [0.29, 0.717) is 19.8 Å². The number of amides is 1. The number of likely N-dealkylation sites (tertiary alicyclic amines) is 1. The van der Waals surface area contributed by atoms with Crippen LogP contribution in [0, 0.1) is 5.41 Å². The van der Waals surface area contributed by atoms with E-state index in [1.807, 2.05) is 6.07 Å². The smallest absolute Gasteiger partial charge is 0.256 e. The summed E-state index contributed by atoms with van der Waals surface area (Å²) in [6.07, 6.45) is 6.11. The zero-order chi connectivity index (χ0) is 15.0. The number of carbonyl (C=O) groups is 1. The molecule has 6 nitrogen and oxygen atoms in total. The molecule has 6 heteroatoms. The first-order valence-electron chi connectivity index (χ1n) is 8.08. The van der Waals surface area contributed by atoms with Crippen molar-refractivity contribution in [1.82, 2.24) is 9.96 Å². The summed E-state index contributed by atoms with van der Waals surface area (Å²) in [6.45, 7) is 4.53. The number of ether oxygens (including phenoxy) is 1. The first kappa shape index (κ1) is 14.2. The molecule has 3 aliphatic heterocycles. The van der Waals surface area contributed by atoms with Crippen molar-refractivity contribution in [2.45, 2.75) is 31.9 Å². The summed E-state index contributed by atoms with van der Waals surface area (Å²) in [6, 6.07) is 1.98. The summed E-state index contributed by atoms with van der Waals surface area (Å²) in [5, 5.41) is 1.57. The Bertz CT molecular complexity index is 526. The number of hydroxylamine groups is 2. The summed E-state index contributed by atoms with van der Waals surface area (Å²) in [5.41, 5.74) is 0.712. The summed E-state index contributed by atoms with van der Waals surface area (Å²) < 4.78 is 11.0. The number of hydrogen-bond acceptors (Lipinski definition) is 5. The maximum Gasteiger partial charge on any atom is 0.256 e. The van der Waals surface area contributed by atoms with Gasteiger partial charge in [-0.3, -0.25) is 14.5 Å². The number of fused-ring (bicyclic) bond motifs is 1. The molecule has 0 unspecified atom stereocenters. The molecular weight excluding hydrogens is 284 g/mol. The Hall–Kier alpha value is -1.37. The van der Waals surface area contributed by atoms with Crippen molar-refractivity contribution in [3.05, 3.63) is 24.2 Å². The highest BCUT2D eigenvalue weighted by atomic mass is 16.7. The van der Waals surface area contributed by atoms with Gasteiger partial charge in [-0.05, 0) is 25.3 Å². The lowest BCUT2D eigenvalue weighted by molar-refractivity contribution is -0.187. The normalized spacial score (nSPS) is 32.4. The van der Waals surface area contributed by atoms with Gasteiger partial charge in [-0.15, -0.1) is 0 Å². The Kier molecular flexibility index (Phi) is 3.68. The van der Waals surface area contributed by atoms with E-state index in [4.69, 9.17) is 14.0 Å². The lowest BCUT2D eigenvalue weighted by atomic mass is 9.75. The molecule has 3 fully saturated rings. The molecule has 0 aliphatic carbocycles. The molecule has 1 aromatic rings. The van der Waals surface area contributed by atoms with Crippen LogP contribution in [-0.2, 0) is 20.9 Å². The molecule has 4 rings (SSSR count). The van der Waals surface area contributed by atoms with E-state index in [1.165, 1.54) is 0 Å². The highest BCUT2D eigenvalue weighted by molar-refractivity contribution is 5.83. The van der Waals surface area contributed by atoms with Gasteiger partial charge in [0.15, 0.2) is 0 Å². The van der Waals surface area contributed by atoms with Gasteiger partial charge in [-0.25, -0.2) is 5.06 Å². The van der Waals surface area contributed by atoms with Crippen LogP contribution in [0.15, 0.2) is 23.0 Å². The van der Waals surface area contributed by atoms with E-state index in [9.17, 15) is 4.79 Å². The minimum atomic E-state index is -0.438. The van der Waals surface area contributed by atoms with Gasteiger partial charge in [0.1, 0.15) is 0 Å². The van der Waals surface area contributed by atoms with Crippen molar-refractivity contribution in [1.29, 1.82) is 0 Å². The third-order valence-corrected chi connectivity index (χ3v) is 5.09. The molecule has 0 saturated carbocycles. The molecule has 1 aromatic heterocycles. The minimum Gasteiger partial charge on any atom is -0.472 e. The summed E-state index contributed by atoms with van der Waals surface area (Å²) in [4.78, 5) is 20.9. The topological polar surface area (TPSA) is 55.2 Å². The van der Waals surface area contributed by atoms with Crippen LogP contribution in [0.4, 0.5) is 0 Å². The molecule has 1 amide bonds. The van der Waals surface area contributed by atoms with Crippen LogP contribution in [0.3, 0.4) is 0 Å². The lowest BCUT2D eigenvalue weighted by Crippen LogP contribution is -2.57. The number of hydrogen-bond donors (Lipinski definition) is 0. The third kappa shape index (κ3) is 2.35. The zero-order valence-electron chi connectivity index (χ0n) is 12.7. The molecule has 3 saturated heterocycles. The maximum atomic E-state index is 13.0. The van der Waals surface area contributed by atoms with Crippen molar-refractivity contribution in [2.24, 2.45) is 5.41 Å². The van der Waals surface area contributed by atoms with Gasteiger partial charge >= 0.3 is 0 Å². The Balaban J connectivity index is 1.53. The lowest BCUT2D eigenvalue weighted by Gasteiger charge is -2.43. The fraction of sp³-hybridized carbons (Fsp3) is 0.688. The largest absolute Gasteiger partial charge is 0.472 e.